The van der Waals surface area contributed by atoms with Crippen LogP contribution in [-0.2, 0) is 0 Å². The van der Waals surface area contributed by atoms with Gasteiger partial charge in [0.2, 0.25) is 0 Å². The number of hydrogen-bond donors (Lipinski definition) is 1. The smallest absolute Gasteiger partial charge is 0.134 e. The van der Waals surface area contributed by atoms with Gasteiger partial charge in [-0.25, -0.2) is 0 Å². The molecule has 3 nitrogen and oxygen atoms in total. The largest absolute Gasteiger partial charge is 0.459 e. The number of para-hydroxylation sites is 1. The Morgan fingerprint density at radius 3 is 2.95 bits per heavy atom. The van der Waals surface area contributed by atoms with E-state index in [0.717, 1.165) is 23.9 Å². The maximum Gasteiger partial charge on any atom is 0.134 e. The van der Waals surface area contributed by atoms with E-state index >= 15 is 0 Å². The Morgan fingerprint density at radius 2 is 2.05 bits per heavy atom. The van der Waals surface area contributed by atoms with Crippen LogP contribution < -0.4 is 5.32 Å². The number of hydrogen-bond acceptors (Lipinski definition) is 3. The van der Waals surface area contributed by atoms with Gasteiger partial charge in [0.25, 0.3) is 0 Å². The average molecular weight is 270 g/mol. The Labute approximate surface area is 119 Å². The Morgan fingerprint density at radius 1 is 1.20 bits per heavy atom. The first-order chi connectivity index (χ1) is 9.79. The molecule has 2 aromatic rings. The summed E-state index contributed by atoms with van der Waals surface area (Å²) in [5.74, 6) is 1.10. The molecular weight excluding hydrogens is 248 g/mol. The molecule has 106 valence electrons. The van der Waals surface area contributed by atoms with Crippen molar-refractivity contribution in [3.05, 3.63) is 36.1 Å². The van der Waals surface area contributed by atoms with Crippen molar-refractivity contribution >= 4 is 11.0 Å². The third-order valence-electron chi connectivity index (χ3n) is 4.96. The molecule has 0 spiro atoms. The third-order valence-corrected chi connectivity index (χ3v) is 4.96. The second-order valence-corrected chi connectivity index (χ2v) is 6.28. The predicted octanol–water partition coefficient (Wildman–Crippen LogP) is 3.32. The molecule has 2 aliphatic heterocycles. The highest BCUT2D eigenvalue weighted by molar-refractivity contribution is 5.77. The van der Waals surface area contributed by atoms with Crippen molar-refractivity contribution in [1.82, 2.24) is 10.2 Å². The van der Waals surface area contributed by atoms with Crippen LogP contribution in [0.2, 0.25) is 0 Å². The van der Waals surface area contributed by atoms with E-state index in [-0.39, 0.29) is 0 Å². The summed E-state index contributed by atoms with van der Waals surface area (Å²) in [7, 11) is 0. The molecule has 3 heterocycles. The van der Waals surface area contributed by atoms with Gasteiger partial charge in [-0.15, -0.1) is 0 Å². The maximum atomic E-state index is 6.04. The topological polar surface area (TPSA) is 28.4 Å². The minimum atomic E-state index is 0.364. The van der Waals surface area contributed by atoms with Crippen LogP contribution in [0.5, 0.6) is 0 Å². The summed E-state index contributed by atoms with van der Waals surface area (Å²) in [6.07, 6.45) is 3.95. The van der Waals surface area contributed by atoms with Crippen molar-refractivity contribution in [2.24, 2.45) is 0 Å². The van der Waals surface area contributed by atoms with Gasteiger partial charge < -0.3 is 9.73 Å². The Bertz CT molecular complexity index is 573. The van der Waals surface area contributed by atoms with Gasteiger partial charge in [0.05, 0.1) is 6.04 Å². The Hall–Kier alpha value is -1.32. The molecule has 0 saturated carbocycles. The van der Waals surface area contributed by atoms with Gasteiger partial charge in [0.15, 0.2) is 0 Å². The van der Waals surface area contributed by atoms with Crippen LogP contribution in [0, 0.1) is 0 Å². The Kier molecular flexibility index (Phi) is 3.04. The van der Waals surface area contributed by atoms with Crippen molar-refractivity contribution in [2.75, 3.05) is 13.1 Å². The van der Waals surface area contributed by atoms with Crippen LogP contribution in [0.15, 0.2) is 34.7 Å². The highest BCUT2D eigenvalue weighted by atomic mass is 16.3. The molecule has 2 fully saturated rings. The number of rotatable bonds is 2. The normalized spacial score (nSPS) is 28.6. The number of fused-ring (bicyclic) bond motifs is 3. The van der Waals surface area contributed by atoms with Gasteiger partial charge in [-0.3, -0.25) is 4.90 Å². The van der Waals surface area contributed by atoms with E-state index in [1.165, 1.54) is 31.2 Å². The fourth-order valence-electron chi connectivity index (χ4n) is 3.71. The van der Waals surface area contributed by atoms with Crippen LogP contribution in [0.3, 0.4) is 0 Å². The maximum absolute atomic E-state index is 6.04. The molecule has 2 aliphatic rings. The van der Waals surface area contributed by atoms with Gasteiger partial charge in [0, 0.05) is 30.6 Å². The van der Waals surface area contributed by atoms with Crippen LogP contribution in [0.1, 0.15) is 38.0 Å². The van der Waals surface area contributed by atoms with E-state index in [9.17, 15) is 0 Å². The number of furan rings is 1. The van der Waals surface area contributed by atoms with Gasteiger partial charge in [-0.05, 0) is 38.3 Å². The SMILES string of the molecule is CC(c1cc2ccccc2o1)N1CCC2CCC(C1)N2. The zero-order chi connectivity index (χ0) is 13.5. The van der Waals surface area contributed by atoms with Crippen molar-refractivity contribution in [2.45, 2.75) is 44.3 Å². The Balaban J connectivity index is 1.58. The zero-order valence-corrected chi connectivity index (χ0v) is 12.0. The summed E-state index contributed by atoms with van der Waals surface area (Å²) in [5, 5.41) is 4.96. The van der Waals surface area contributed by atoms with Crippen molar-refractivity contribution in [3.63, 3.8) is 0 Å². The summed E-state index contributed by atoms with van der Waals surface area (Å²) < 4.78 is 6.04. The summed E-state index contributed by atoms with van der Waals surface area (Å²) >= 11 is 0. The highest BCUT2D eigenvalue weighted by Gasteiger charge is 2.32. The summed E-state index contributed by atoms with van der Waals surface area (Å²) in [6, 6.07) is 12.3. The fourth-order valence-corrected chi connectivity index (χ4v) is 3.71. The lowest BCUT2D eigenvalue weighted by molar-refractivity contribution is 0.181. The van der Waals surface area contributed by atoms with Crippen molar-refractivity contribution < 1.29 is 4.42 Å². The summed E-state index contributed by atoms with van der Waals surface area (Å²) in [4.78, 5) is 2.58. The van der Waals surface area contributed by atoms with E-state index < -0.39 is 0 Å². The summed E-state index contributed by atoms with van der Waals surface area (Å²) in [5.41, 5.74) is 1.00. The molecule has 20 heavy (non-hydrogen) atoms. The molecule has 3 unspecified atom stereocenters. The molecule has 1 aromatic carbocycles. The molecule has 0 amide bonds. The predicted molar refractivity (Wildman–Crippen MR) is 80.8 cm³/mol. The number of nitrogens with one attached hydrogen (secondary N) is 1. The standard InChI is InChI=1S/C17H22N2O/c1-12(17-10-13-4-2-3-5-16(13)20-17)19-9-8-14-6-7-15(11-19)18-14/h2-5,10,12,14-15,18H,6-9,11H2,1H3. The van der Waals surface area contributed by atoms with E-state index in [4.69, 9.17) is 4.42 Å². The van der Waals surface area contributed by atoms with Gasteiger partial charge in [0.1, 0.15) is 11.3 Å². The minimum absolute atomic E-state index is 0.364. The quantitative estimate of drug-likeness (QED) is 0.907. The van der Waals surface area contributed by atoms with E-state index in [1.807, 2.05) is 6.07 Å². The number of likely N-dealkylation sites (tertiary alicyclic amines) is 1. The second-order valence-electron chi connectivity index (χ2n) is 6.28. The molecule has 0 aliphatic carbocycles. The van der Waals surface area contributed by atoms with Crippen LogP contribution in [0.4, 0.5) is 0 Å². The molecular formula is C17H22N2O. The van der Waals surface area contributed by atoms with Crippen molar-refractivity contribution in [3.8, 4) is 0 Å². The van der Waals surface area contributed by atoms with Gasteiger partial charge >= 0.3 is 0 Å². The van der Waals surface area contributed by atoms with Gasteiger partial charge in [-0.1, -0.05) is 18.2 Å². The molecule has 2 saturated heterocycles. The van der Waals surface area contributed by atoms with Gasteiger partial charge in [-0.2, -0.15) is 0 Å². The monoisotopic (exact) mass is 270 g/mol. The van der Waals surface area contributed by atoms with Crippen LogP contribution >= 0.6 is 0 Å². The number of benzene rings is 1. The lowest BCUT2D eigenvalue weighted by Gasteiger charge is -2.28. The first-order valence-electron chi connectivity index (χ1n) is 7.78. The molecule has 1 N–H and O–H groups in total. The van der Waals surface area contributed by atoms with E-state index in [1.54, 1.807) is 0 Å². The van der Waals surface area contributed by atoms with Crippen LogP contribution in [0.25, 0.3) is 11.0 Å². The summed E-state index contributed by atoms with van der Waals surface area (Å²) in [6.45, 7) is 4.60. The fraction of sp³-hybridized carbons (Fsp3) is 0.529. The third kappa shape index (κ3) is 2.15. The van der Waals surface area contributed by atoms with E-state index in [0.29, 0.717) is 12.1 Å². The van der Waals surface area contributed by atoms with E-state index in [2.05, 4.69) is 41.4 Å². The molecule has 3 heteroatoms. The molecule has 3 atom stereocenters. The lowest BCUT2D eigenvalue weighted by atomic mass is 10.1. The number of nitrogens with zero attached hydrogens (tertiary/aromatic N) is 1. The molecule has 0 radical (unpaired) electrons. The molecule has 2 bridgehead atoms. The molecule has 1 aromatic heterocycles. The second kappa shape index (κ2) is 4.90. The van der Waals surface area contributed by atoms with Crippen molar-refractivity contribution in [1.29, 1.82) is 0 Å². The lowest BCUT2D eigenvalue weighted by Crippen LogP contribution is -2.36. The van der Waals surface area contributed by atoms with Crippen LogP contribution in [-0.4, -0.2) is 30.1 Å². The highest BCUT2D eigenvalue weighted by Crippen LogP contribution is 2.30. The first kappa shape index (κ1) is 12.4. The minimum Gasteiger partial charge on any atom is -0.459 e. The molecule has 4 rings (SSSR count). The zero-order valence-electron chi connectivity index (χ0n) is 12.0. The first-order valence-corrected chi connectivity index (χ1v) is 7.78. The average Bonchev–Trinajstić information content (AvgIpc) is 3.01.